The van der Waals surface area contributed by atoms with Crippen LogP contribution in [-0.2, 0) is 0 Å². The van der Waals surface area contributed by atoms with Gasteiger partial charge >= 0.3 is 5.69 Å². The van der Waals surface area contributed by atoms with E-state index in [2.05, 4.69) is 4.98 Å². The fourth-order valence-corrected chi connectivity index (χ4v) is 1.55. The van der Waals surface area contributed by atoms with Crippen LogP contribution in [0.1, 0.15) is 0 Å². The van der Waals surface area contributed by atoms with Crippen LogP contribution in [0.2, 0.25) is 0 Å². The number of nitrogen functional groups attached to an aromatic ring is 1. The Bertz CT molecular complexity index is 587. The molecule has 0 aliphatic rings. The second-order valence-electron chi connectivity index (χ2n) is 3.36. The first-order valence-electron chi connectivity index (χ1n) is 4.74. The van der Waals surface area contributed by atoms with Gasteiger partial charge in [0.05, 0.1) is 10.5 Å². The average Bonchev–Trinajstić information content (AvgIpc) is 2.28. The van der Waals surface area contributed by atoms with Gasteiger partial charge in [-0.15, -0.1) is 0 Å². The summed E-state index contributed by atoms with van der Waals surface area (Å²) in [6.45, 7) is 0. The second kappa shape index (κ2) is 4.17. The summed E-state index contributed by atoms with van der Waals surface area (Å²) in [7, 11) is 0. The van der Waals surface area contributed by atoms with Crippen LogP contribution in [0.5, 0.6) is 0 Å². The van der Waals surface area contributed by atoms with Crippen molar-refractivity contribution in [3.8, 4) is 11.1 Å². The van der Waals surface area contributed by atoms with E-state index in [1.165, 1.54) is 30.5 Å². The number of hydrogen-bond donors (Lipinski definition) is 1. The Morgan fingerprint density at radius 3 is 2.76 bits per heavy atom. The van der Waals surface area contributed by atoms with Crippen molar-refractivity contribution >= 4 is 11.5 Å². The Hall–Kier alpha value is -2.50. The number of rotatable bonds is 2. The van der Waals surface area contributed by atoms with Gasteiger partial charge < -0.3 is 5.73 Å². The molecule has 0 radical (unpaired) electrons. The number of benzene rings is 1. The van der Waals surface area contributed by atoms with Gasteiger partial charge in [-0.3, -0.25) is 10.1 Å². The minimum atomic E-state index is -0.622. The van der Waals surface area contributed by atoms with Gasteiger partial charge in [-0.25, -0.2) is 9.37 Å². The molecule has 0 aliphatic heterocycles. The Morgan fingerprint density at radius 1 is 1.35 bits per heavy atom. The third-order valence-electron chi connectivity index (χ3n) is 2.27. The van der Waals surface area contributed by atoms with Crippen molar-refractivity contribution < 1.29 is 9.31 Å². The van der Waals surface area contributed by atoms with Gasteiger partial charge in [0, 0.05) is 6.20 Å². The lowest BCUT2D eigenvalue weighted by molar-refractivity contribution is -0.383. The molecule has 0 fully saturated rings. The van der Waals surface area contributed by atoms with E-state index >= 15 is 0 Å². The number of nitro groups is 1. The highest BCUT2D eigenvalue weighted by Gasteiger charge is 2.20. The van der Waals surface area contributed by atoms with Crippen LogP contribution in [-0.4, -0.2) is 9.91 Å². The molecule has 6 heteroatoms. The number of aromatic nitrogens is 1. The normalized spacial score (nSPS) is 10.2. The molecule has 2 rings (SSSR count). The van der Waals surface area contributed by atoms with Gasteiger partial charge in [-0.1, -0.05) is 12.1 Å². The van der Waals surface area contributed by atoms with E-state index in [1.807, 2.05) is 0 Å². The molecule has 0 atom stereocenters. The summed E-state index contributed by atoms with van der Waals surface area (Å²) in [5.41, 5.74) is 5.79. The molecule has 0 bridgehead atoms. The zero-order valence-corrected chi connectivity index (χ0v) is 8.63. The lowest BCUT2D eigenvalue weighted by atomic mass is 10.1. The molecule has 0 saturated heterocycles. The molecule has 1 heterocycles. The molecule has 17 heavy (non-hydrogen) atoms. The van der Waals surface area contributed by atoms with Gasteiger partial charge in [0.2, 0.25) is 5.82 Å². The number of halogens is 1. The first kappa shape index (κ1) is 11.0. The van der Waals surface area contributed by atoms with E-state index < -0.39 is 10.7 Å². The maximum atomic E-state index is 13.1. The van der Waals surface area contributed by atoms with Gasteiger partial charge in [0.1, 0.15) is 5.82 Å². The maximum absolute atomic E-state index is 13.1. The van der Waals surface area contributed by atoms with E-state index in [4.69, 9.17) is 5.73 Å². The molecule has 2 aromatic rings. The minimum Gasteiger partial charge on any atom is -0.378 e. The van der Waals surface area contributed by atoms with Crippen molar-refractivity contribution in [2.45, 2.75) is 0 Å². The summed E-state index contributed by atoms with van der Waals surface area (Å²) >= 11 is 0. The van der Waals surface area contributed by atoms with Crippen LogP contribution in [0.25, 0.3) is 11.1 Å². The topological polar surface area (TPSA) is 82.0 Å². The van der Waals surface area contributed by atoms with Crippen LogP contribution in [0.4, 0.5) is 15.9 Å². The number of pyridine rings is 1. The van der Waals surface area contributed by atoms with E-state index in [1.54, 1.807) is 6.07 Å². The van der Waals surface area contributed by atoms with Crippen LogP contribution >= 0.6 is 0 Å². The zero-order valence-electron chi connectivity index (χ0n) is 8.63. The maximum Gasteiger partial charge on any atom is 0.318 e. The summed E-state index contributed by atoms with van der Waals surface area (Å²) in [5.74, 6) is -0.649. The molecule has 0 unspecified atom stereocenters. The fourth-order valence-electron chi connectivity index (χ4n) is 1.55. The highest BCUT2D eigenvalue weighted by atomic mass is 19.1. The average molecular weight is 233 g/mol. The van der Waals surface area contributed by atoms with Crippen molar-refractivity contribution in [1.29, 1.82) is 0 Å². The van der Waals surface area contributed by atoms with Gasteiger partial charge in [-0.05, 0) is 23.8 Å². The third-order valence-corrected chi connectivity index (χ3v) is 2.27. The fraction of sp³-hybridized carbons (Fsp3) is 0. The first-order chi connectivity index (χ1) is 8.09. The predicted octanol–water partition coefficient (Wildman–Crippen LogP) is 2.38. The van der Waals surface area contributed by atoms with Crippen LogP contribution in [0.15, 0.2) is 36.5 Å². The summed E-state index contributed by atoms with van der Waals surface area (Å²) < 4.78 is 13.1. The van der Waals surface area contributed by atoms with Crippen molar-refractivity contribution in [3.05, 3.63) is 52.5 Å². The monoisotopic (exact) mass is 233 g/mol. The molecule has 1 aromatic heterocycles. The van der Waals surface area contributed by atoms with Crippen molar-refractivity contribution in [2.24, 2.45) is 0 Å². The molecule has 2 N–H and O–H groups in total. The van der Waals surface area contributed by atoms with Gasteiger partial charge in [-0.2, -0.15) is 0 Å². The Morgan fingerprint density at radius 2 is 2.12 bits per heavy atom. The molecular formula is C11H8FN3O2. The molecular weight excluding hydrogens is 225 g/mol. The van der Waals surface area contributed by atoms with E-state index in [9.17, 15) is 14.5 Å². The standard InChI is InChI=1S/C11H8FN3O2/c12-8-3-1-2-7(6-8)9-4-5-14-11(13)10(9)15(16)17/h1-6H,(H2,13,14). The van der Waals surface area contributed by atoms with Gasteiger partial charge in [0.25, 0.3) is 0 Å². The second-order valence-corrected chi connectivity index (χ2v) is 3.36. The molecule has 86 valence electrons. The predicted molar refractivity (Wildman–Crippen MR) is 60.7 cm³/mol. The lowest BCUT2D eigenvalue weighted by Gasteiger charge is -2.04. The highest BCUT2D eigenvalue weighted by molar-refractivity contribution is 5.78. The smallest absolute Gasteiger partial charge is 0.318 e. The van der Waals surface area contributed by atoms with Crippen LogP contribution in [0.3, 0.4) is 0 Å². The zero-order chi connectivity index (χ0) is 12.4. The summed E-state index contributed by atoms with van der Waals surface area (Å²) in [4.78, 5) is 13.9. The summed E-state index contributed by atoms with van der Waals surface area (Å²) in [6, 6.07) is 6.96. The largest absolute Gasteiger partial charge is 0.378 e. The Balaban J connectivity index is 2.67. The Kier molecular flexibility index (Phi) is 2.70. The molecule has 0 amide bonds. The minimum absolute atomic E-state index is 0.184. The molecule has 0 aliphatic carbocycles. The summed E-state index contributed by atoms with van der Waals surface area (Å²) in [5, 5.41) is 10.9. The quantitative estimate of drug-likeness (QED) is 0.637. The van der Waals surface area contributed by atoms with E-state index in [0.717, 1.165) is 0 Å². The van der Waals surface area contributed by atoms with Crippen LogP contribution in [0, 0.1) is 15.9 Å². The molecule has 1 aromatic carbocycles. The lowest BCUT2D eigenvalue weighted by Crippen LogP contribution is -2.00. The summed E-state index contributed by atoms with van der Waals surface area (Å²) in [6.07, 6.45) is 1.35. The van der Waals surface area contributed by atoms with Gasteiger partial charge in [0.15, 0.2) is 0 Å². The number of hydrogen-bond acceptors (Lipinski definition) is 4. The molecule has 0 spiro atoms. The number of anilines is 1. The number of nitrogens with two attached hydrogens (primary N) is 1. The third kappa shape index (κ3) is 2.05. The molecule has 5 nitrogen and oxygen atoms in total. The first-order valence-corrected chi connectivity index (χ1v) is 4.74. The Labute approximate surface area is 95.9 Å². The van der Waals surface area contributed by atoms with Crippen LogP contribution < -0.4 is 5.73 Å². The van der Waals surface area contributed by atoms with Crippen molar-refractivity contribution in [1.82, 2.24) is 4.98 Å². The van der Waals surface area contributed by atoms with Crippen molar-refractivity contribution in [3.63, 3.8) is 0 Å². The highest BCUT2D eigenvalue weighted by Crippen LogP contribution is 2.33. The number of nitrogens with zero attached hydrogens (tertiary/aromatic N) is 2. The van der Waals surface area contributed by atoms with E-state index in [0.29, 0.717) is 5.56 Å². The van der Waals surface area contributed by atoms with Crippen molar-refractivity contribution in [2.75, 3.05) is 5.73 Å². The SMILES string of the molecule is Nc1nccc(-c2cccc(F)c2)c1[N+](=O)[O-]. The van der Waals surface area contributed by atoms with E-state index in [-0.39, 0.29) is 17.1 Å². The molecule has 0 saturated carbocycles.